The summed E-state index contributed by atoms with van der Waals surface area (Å²) < 4.78 is 23.8. The van der Waals surface area contributed by atoms with E-state index < -0.39 is 9.05 Å². The molecule has 0 atom stereocenters. The summed E-state index contributed by atoms with van der Waals surface area (Å²) in [6.07, 6.45) is 0. The van der Waals surface area contributed by atoms with Gasteiger partial charge >= 0.3 is 0 Å². The fourth-order valence-corrected chi connectivity index (χ4v) is 2.65. The molecule has 8 heteroatoms. The molecule has 2 rings (SSSR count). The lowest BCUT2D eigenvalue weighted by Gasteiger charge is -2.04. The number of benzene rings is 1. The SMILES string of the molecule is Cc1ccc(-c2nnc(S(=O)(=O)Cl)n2C)cc1Cl. The number of hydrogen-bond acceptors (Lipinski definition) is 4. The maximum Gasteiger partial charge on any atom is 0.296 e. The second-order valence-corrected chi connectivity index (χ2v) is 6.63. The Morgan fingerprint density at radius 2 is 1.94 bits per heavy atom. The van der Waals surface area contributed by atoms with Crippen LogP contribution in [-0.2, 0) is 16.1 Å². The summed E-state index contributed by atoms with van der Waals surface area (Å²) in [5.74, 6) is 0.385. The molecule has 2 aromatic rings. The predicted molar refractivity (Wildman–Crippen MR) is 69.2 cm³/mol. The number of rotatable bonds is 2. The van der Waals surface area contributed by atoms with Crippen molar-refractivity contribution in [3.05, 3.63) is 28.8 Å². The Balaban J connectivity index is 2.59. The molecule has 0 fully saturated rings. The molecular weight excluding hydrogens is 297 g/mol. The summed E-state index contributed by atoms with van der Waals surface area (Å²) in [6.45, 7) is 1.87. The highest BCUT2D eigenvalue weighted by atomic mass is 35.7. The molecule has 0 unspecified atom stereocenters. The van der Waals surface area contributed by atoms with Crippen molar-refractivity contribution >= 4 is 31.3 Å². The molecule has 0 bridgehead atoms. The van der Waals surface area contributed by atoms with Gasteiger partial charge in [-0.2, -0.15) is 0 Å². The Morgan fingerprint density at radius 1 is 1.28 bits per heavy atom. The highest BCUT2D eigenvalue weighted by Gasteiger charge is 2.21. The van der Waals surface area contributed by atoms with Crippen LogP contribution in [0.3, 0.4) is 0 Å². The van der Waals surface area contributed by atoms with Crippen LogP contribution in [0, 0.1) is 6.92 Å². The quantitative estimate of drug-likeness (QED) is 0.799. The highest BCUT2D eigenvalue weighted by Crippen LogP contribution is 2.25. The Morgan fingerprint density at radius 3 is 2.44 bits per heavy atom. The maximum atomic E-state index is 11.2. The van der Waals surface area contributed by atoms with Crippen LogP contribution >= 0.6 is 22.3 Å². The molecule has 0 radical (unpaired) electrons. The molecule has 0 spiro atoms. The van der Waals surface area contributed by atoms with Gasteiger partial charge < -0.3 is 0 Å². The predicted octanol–water partition coefficient (Wildman–Crippen LogP) is 2.37. The number of halogens is 2. The molecule has 96 valence electrons. The summed E-state index contributed by atoms with van der Waals surface area (Å²) in [4.78, 5) is 0. The van der Waals surface area contributed by atoms with Gasteiger partial charge in [0, 0.05) is 28.3 Å². The standard InChI is InChI=1S/C10H9Cl2N3O2S/c1-6-3-4-7(5-8(6)11)9-13-14-10(15(9)2)18(12,16)17/h3-5H,1-2H3. The second-order valence-electron chi connectivity index (χ2n) is 3.77. The first kappa shape index (κ1) is 13.3. The molecule has 0 saturated carbocycles. The van der Waals surface area contributed by atoms with E-state index in [1.54, 1.807) is 12.1 Å². The highest BCUT2D eigenvalue weighted by molar-refractivity contribution is 8.13. The van der Waals surface area contributed by atoms with Crippen LogP contribution in [0.1, 0.15) is 5.56 Å². The molecule has 5 nitrogen and oxygen atoms in total. The van der Waals surface area contributed by atoms with Crippen molar-refractivity contribution in [3.8, 4) is 11.4 Å². The normalized spacial score (nSPS) is 11.8. The van der Waals surface area contributed by atoms with Gasteiger partial charge in [-0.3, -0.25) is 4.57 Å². The van der Waals surface area contributed by atoms with Crippen LogP contribution in [0.5, 0.6) is 0 Å². The molecule has 0 aliphatic rings. The Kier molecular flexibility index (Phi) is 3.35. The smallest absolute Gasteiger partial charge is 0.296 e. The molecule has 18 heavy (non-hydrogen) atoms. The average Bonchev–Trinajstić information content (AvgIpc) is 2.64. The first-order valence-corrected chi connectivity index (χ1v) is 7.60. The van der Waals surface area contributed by atoms with E-state index in [4.69, 9.17) is 22.3 Å². The minimum atomic E-state index is -3.91. The van der Waals surface area contributed by atoms with Crippen LogP contribution in [-0.4, -0.2) is 23.2 Å². The third-order valence-electron chi connectivity index (χ3n) is 2.48. The third kappa shape index (κ3) is 2.36. The first-order valence-electron chi connectivity index (χ1n) is 4.91. The van der Waals surface area contributed by atoms with Crippen molar-refractivity contribution in [1.82, 2.24) is 14.8 Å². The largest absolute Gasteiger partial charge is 0.300 e. The Bertz CT molecular complexity index is 710. The van der Waals surface area contributed by atoms with Gasteiger partial charge in [-0.25, -0.2) is 8.42 Å². The van der Waals surface area contributed by atoms with Crippen molar-refractivity contribution in [1.29, 1.82) is 0 Å². The lowest BCUT2D eigenvalue weighted by molar-refractivity contribution is 0.593. The van der Waals surface area contributed by atoms with Gasteiger partial charge in [-0.1, -0.05) is 23.7 Å². The monoisotopic (exact) mass is 305 g/mol. The minimum Gasteiger partial charge on any atom is -0.300 e. The summed E-state index contributed by atoms with van der Waals surface area (Å²) >= 11 is 6.01. The molecule has 0 saturated heterocycles. The van der Waals surface area contributed by atoms with Gasteiger partial charge in [-0.15, -0.1) is 10.2 Å². The second kappa shape index (κ2) is 4.53. The number of hydrogen-bond donors (Lipinski definition) is 0. The summed E-state index contributed by atoms with van der Waals surface area (Å²) in [5.41, 5.74) is 1.60. The van der Waals surface area contributed by atoms with Crippen LogP contribution in [0.15, 0.2) is 23.4 Å². The van der Waals surface area contributed by atoms with E-state index >= 15 is 0 Å². The Hall–Kier alpha value is -1.11. The van der Waals surface area contributed by atoms with Crippen LogP contribution in [0.2, 0.25) is 5.02 Å². The molecule has 0 amide bonds. The average molecular weight is 306 g/mol. The van der Waals surface area contributed by atoms with E-state index in [1.165, 1.54) is 11.6 Å². The van der Waals surface area contributed by atoms with Crippen molar-refractivity contribution in [2.75, 3.05) is 0 Å². The van der Waals surface area contributed by atoms with Gasteiger partial charge in [0.2, 0.25) is 0 Å². The zero-order valence-electron chi connectivity index (χ0n) is 9.55. The van der Waals surface area contributed by atoms with Crippen LogP contribution in [0.4, 0.5) is 0 Å². The first-order chi connectivity index (χ1) is 8.30. The number of nitrogens with zero attached hydrogens (tertiary/aromatic N) is 3. The Labute approximate surface area is 114 Å². The molecule has 0 aliphatic heterocycles. The van der Waals surface area contributed by atoms with Crippen molar-refractivity contribution in [2.45, 2.75) is 12.1 Å². The van der Waals surface area contributed by atoms with Crippen molar-refractivity contribution < 1.29 is 8.42 Å². The van der Waals surface area contributed by atoms with Gasteiger partial charge in [0.15, 0.2) is 5.82 Å². The summed E-state index contributed by atoms with van der Waals surface area (Å²) in [5, 5.41) is 7.66. The van der Waals surface area contributed by atoms with Crippen molar-refractivity contribution in [2.24, 2.45) is 7.05 Å². The zero-order chi connectivity index (χ0) is 13.5. The molecule has 1 heterocycles. The zero-order valence-corrected chi connectivity index (χ0v) is 11.9. The van der Waals surface area contributed by atoms with Gasteiger partial charge in [-0.05, 0) is 18.6 Å². The summed E-state index contributed by atoms with van der Waals surface area (Å²) in [7, 11) is 2.86. The van der Waals surface area contributed by atoms with Crippen LogP contribution < -0.4 is 0 Å². The van der Waals surface area contributed by atoms with E-state index in [0.29, 0.717) is 16.4 Å². The van der Waals surface area contributed by atoms with Gasteiger partial charge in [0.05, 0.1) is 0 Å². The molecule has 1 aromatic heterocycles. The van der Waals surface area contributed by atoms with Gasteiger partial charge in [0.1, 0.15) is 0 Å². The van der Waals surface area contributed by atoms with Crippen LogP contribution in [0.25, 0.3) is 11.4 Å². The molecule has 0 aliphatic carbocycles. The summed E-state index contributed by atoms with van der Waals surface area (Å²) in [6, 6.07) is 5.31. The van der Waals surface area contributed by atoms with Crippen molar-refractivity contribution in [3.63, 3.8) is 0 Å². The molecule has 1 aromatic carbocycles. The lowest BCUT2D eigenvalue weighted by atomic mass is 10.1. The van der Waals surface area contributed by atoms with E-state index in [1.807, 2.05) is 13.0 Å². The van der Waals surface area contributed by atoms with E-state index in [2.05, 4.69) is 10.2 Å². The number of aryl methyl sites for hydroxylation is 1. The molecule has 0 N–H and O–H groups in total. The lowest BCUT2D eigenvalue weighted by Crippen LogP contribution is -2.02. The maximum absolute atomic E-state index is 11.2. The van der Waals surface area contributed by atoms with E-state index in [0.717, 1.165) is 5.56 Å². The fraction of sp³-hybridized carbons (Fsp3) is 0.200. The number of aromatic nitrogens is 3. The van der Waals surface area contributed by atoms with E-state index in [-0.39, 0.29) is 5.16 Å². The fourth-order valence-electron chi connectivity index (χ4n) is 1.51. The topological polar surface area (TPSA) is 64.8 Å². The van der Waals surface area contributed by atoms with Gasteiger partial charge in [0.25, 0.3) is 14.2 Å². The molecular formula is C10H9Cl2N3O2S. The third-order valence-corrected chi connectivity index (χ3v) is 4.10. The minimum absolute atomic E-state index is 0.295. The van der Waals surface area contributed by atoms with E-state index in [9.17, 15) is 8.42 Å².